The van der Waals surface area contributed by atoms with E-state index in [1.54, 1.807) is 0 Å². The van der Waals surface area contributed by atoms with Crippen LogP contribution in [0.25, 0.3) is 0 Å². The summed E-state index contributed by atoms with van der Waals surface area (Å²) in [5.41, 5.74) is 0.216. The van der Waals surface area contributed by atoms with Crippen LogP contribution in [0, 0.1) is 46.3 Å². The second kappa shape index (κ2) is 8.49. The molecule has 0 aromatic rings. The molecule has 4 aliphatic carbocycles. The van der Waals surface area contributed by atoms with Crippen molar-refractivity contribution in [3.8, 4) is 0 Å². The Morgan fingerprint density at radius 1 is 1.03 bits per heavy atom. The second-order valence-electron chi connectivity index (χ2n) is 11.3. The molecule has 4 nitrogen and oxygen atoms in total. The first-order valence-electron chi connectivity index (χ1n) is 11.8. The van der Waals surface area contributed by atoms with E-state index < -0.39 is 5.97 Å². The quantitative estimate of drug-likeness (QED) is 0.627. The molecule has 162 valence electrons. The van der Waals surface area contributed by atoms with Gasteiger partial charge in [0.05, 0.1) is 12.2 Å². The molecule has 4 fully saturated rings. The summed E-state index contributed by atoms with van der Waals surface area (Å²) in [5.74, 6) is 2.55. The average Bonchev–Trinajstić information content (AvgIpc) is 3.00. The number of rotatable bonds is 4. The monoisotopic (exact) mass is 400 g/mol. The number of hydrogen-bond donors (Lipinski definition) is 3. The van der Waals surface area contributed by atoms with Crippen molar-refractivity contribution in [1.29, 1.82) is 0 Å². The fourth-order valence-corrected chi connectivity index (χ4v) is 8.71. The number of fused-ring (bicyclic) bond motifs is 5. The minimum atomic E-state index is -0.707. The molecule has 29 heavy (non-hydrogen) atoms. The third kappa shape index (κ3) is 3.75. The predicted octanol–water partition coefficient (Wildman–Crippen LogP) is 3.83. The molecular formula is C24H41LiO4. The second-order valence-corrected chi connectivity index (χ2v) is 11.3. The maximum absolute atomic E-state index is 11.5. The topological polar surface area (TPSA) is 77.8 Å². The number of hydrogen-bond acceptors (Lipinski definition) is 3. The molecule has 0 spiro atoms. The molecule has 0 unspecified atom stereocenters. The summed E-state index contributed by atoms with van der Waals surface area (Å²) >= 11 is 0. The maximum atomic E-state index is 11.5. The van der Waals surface area contributed by atoms with Crippen molar-refractivity contribution < 1.29 is 20.1 Å². The van der Waals surface area contributed by atoms with Crippen LogP contribution >= 0.6 is 0 Å². The molecule has 4 aliphatic rings. The van der Waals surface area contributed by atoms with Gasteiger partial charge in [0.25, 0.3) is 0 Å². The Kier molecular flexibility index (Phi) is 6.93. The van der Waals surface area contributed by atoms with Gasteiger partial charge < -0.3 is 15.3 Å². The Morgan fingerprint density at radius 3 is 2.45 bits per heavy atom. The first-order valence-corrected chi connectivity index (χ1v) is 11.8. The molecule has 0 saturated heterocycles. The fourth-order valence-electron chi connectivity index (χ4n) is 8.71. The molecule has 0 amide bonds. The molecule has 0 aliphatic heterocycles. The van der Waals surface area contributed by atoms with Crippen LogP contribution in [0.5, 0.6) is 0 Å². The standard InChI is InChI=1S/C24H40O4.Li.H/c1-14(4-9-22(27)28)18-7-8-19-17-6-5-15-12-16(25)10-11-23(15,2)20(17)13-21(26)24(18,19)3;;/h14-21,25-26H,4-13H2,1-3H3,(H,27,28);;/t14-,15-,16-,17+,18-,19+,20+,21+,23+,24-;;/m1../s1. The molecule has 0 aromatic carbocycles. The SMILES string of the molecule is C[C@H](CCC(=O)O)[C@H]1CC[C@H]2[C@@H]3CC[C@@H]4C[C@H](O)CC[C@]4(C)[C@H]3C[C@H](O)[C@]12C.[LiH]. The van der Waals surface area contributed by atoms with Crippen molar-refractivity contribution >= 4 is 24.8 Å². The first-order chi connectivity index (χ1) is 13.2. The minimum absolute atomic E-state index is 0. The van der Waals surface area contributed by atoms with Crippen molar-refractivity contribution in [1.82, 2.24) is 0 Å². The summed E-state index contributed by atoms with van der Waals surface area (Å²) in [7, 11) is 0. The van der Waals surface area contributed by atoms with Gasteiger partial charge in [0.2, 0.25) is 0 Å². The van der Waals surface area contributed by atoms with Crippen LogP contribution in [0.3, 0.4) is 0 Å². The normalized spacial score (nSPS) is 49.9. The molecule has 4 saturated carbocycles. The van der Waals surface area contributed by atoms with E-state index >= 15 is 0 Å². The first kappa shape index (κ1) is 23.6. The van der Waals surface area contributed by atoms with E-state index in [1.807, 2.05) is 0 Å². The van der Waals surface area contributed by atoms with Crippen LogP contribution in [0.1, 0.15) is 85.0 Å². The van der Waals surface area contributed by atoms with Gasteiger partial charge in [0.15, 0.2) is 0 Å². The number of aliphatic carboxylic acids is 1. The molecule has 3 N–H and O–H groups in total. The van der Waals surface area contributed by atoms with Crippen molar-refractivity contribution in [2.24, 2.45) is 46.3 Å². The molecule has 0 radical (unpaired) electrons. The Hall–Kier alpha value is -0.0126. The van der Waals surface area contributed by atoms with Crippen LogP contribution in [0.2, 0.25) is 0 Å². The Bertz CT molecular complexity index is 612. The van der Waals surface area contributed by atoms with E-state index in [2.05, 4.69) is 20.8 Å². The molecule has 0 heterocycles. The number of aliphatic hydroxyl groups excluding tert-OH is 2. The molecule has 0 bridgehead atoms. The average molecular weight is 401 g/mol. The Labute approximate surface area is 188 Å². The summed E-state index contributed by atoms with van der Waals surface area (Å²) < 4.78 is 0. The third-order valence-electron chi connectivity index (χ3n) is 10.3. The van der Waals surface area contributed by atoms with Gasteiger partial charge in [0, 0.05) is 6.42 Å². The molecular weight excluding hydrogens is 359 g/mol. The Morgan fingerprint density at radius 2 is 1.76 bits per heavy atom. The van der Waals surface area contributed by atoms with Crippen LogP contribution in [0.4, 0.5) is 0 Å². The number of carbonyl (C=O) groups is 1. The zero-order chi connectivity index (χ0) is 20.3. The van der Waals surface area contributed by atoms with E-state index in [-0.39, 0.29) is 48.3 Å². The van der Waals surface area contributed by atoms with Crippen LogP contribution in [0.15, 0.2) is 0 Å². The number of carboxylic acid groups (broad SMARTS) is 1. The van der Waals surface area contributed by atoms with E-state index in [4.69, 9.17) is 5.11 Å². The van der Waals surface area contributed by atoms with Crippen molar-refractivity contribution in [2.45, 2.75) is 97.2 Å². The van der Waals surface area contributed by atoms with Crippen LogP contribution in [-0.4, -0.2) is 52.4 Å². The van der Waals surface area contributed by atoms with E-state index in [0.717, 1.165) is 38.5 Å². The van der Waals surface area contributed by atoms with Gasteiger partial charge in [-0.15, -0.1) is 0 Å². The van der Waals surface area contributed by atoms with Gasteiger partial charge in [0.1, 0.15) is 0 Å². The molecule has 0 aromatic heterocycles. The van der Waals surface area contributed by atoms with Gasteiger partial charge in [-0.2, -0.15) is 0 Å². The van der Waals surface area contributed by atoms with Gasteiger partial charge in [-0.3, -0.25) is 4.79 Å². The van der Waals surface area contributed by atoms with Crippen molar-refractivity contribution in [3.05, 3.63) is 0 Å². The van der Waals surface area contributed by atoms with Gasteiger partial charge in [-0.25, -0.2) is 0 Å². The Balaban J connectivity index is 0.00000240. The van der Waals surface area contributed by atoms with Gasteiger partial charge >= 0.3 is 24.8 Å². The van der Waals surface area contributed by atoms with Crippen LogP contribution < -0.4 is 0 Å². The number of aliphatic hydroxyl groups is 2. The van der Waals surface area contributed by atoms with E-state index in [0.29, 0.717) is 35.5 Å². The zero-order valence-corrected chi connectivity index (χ0v) is 17.9. The van der Waals surface area contributed by atoms with E-state index in [1.165, 1.54) is 19.3 Å². The summed E-state index contributed by atoms with van der Waals surface area (Å²) in [4.78, 5) is 11.1. The predicted molar refractivity (Wildman–Crippen MR) is 116 cm³/mol. The summed E-state index contributed by atoms with van der Waals surface area (Å²) in [5, 5.41) is 30.8. The zero-order valence-electron chi connectivity index (χ0n) is 17.9. The van der Waals surface area contributed by atoms with Gasteiger partial charge in [-0.1, -0.05) is 20.8 Å². The fraction of sp³-hybridized carbons (Fsp3) is 0.958. The molecule has 5 heteroatoms. The van der Waals surface area contributed by atoms with Gasteiger partial charge in [-0.05, 0) is 104 Å². The van der Waals surface area contributed by atoms with Crippen molar-refractivity contribution in [2.75, 3.05) is 0 Å². The summed E-state index contributed by atoms with van der Waals surface area (Å²) in [6.45, 7) is 6.99. The summed E-state index contributed by atoms with van der Waals surface area (Å²) in [6, 6.07) is 0. The third-order valence-corrected chi connectivity index (χ3v) is 10.3. The molecule has 10 atom stereocenters. The van der Waals surface area contributed by atoms with Crippen molar-refractivity contribution in [3.63, 3.8) is 0 Å². The molecule has 4 rings (SSSR count). The van der Waals surface area contributed by atoms with Crippen LogP contribution in [-0.2, 0) is 4.79 Å². The van der Waals surface area contributed by atoms with E-state index in [9.17, 15) is 15.0 Å². The summed E-state index contributed by atoms with van der Waals surface area (Å²) in [6.07, 6.45) is 9.26. The number of carboxylic acids is 1.